The molecular formula is C16H8F17NO2. The molecule has 0 aliphatic heterocycles. The molecule has 0 radical (unpaired) electrons. The van der Waals surface area contributed by atoms with Crippen LogP contribution in [0.4, 0.5) is 80.3 Å². The Morgan fingerprint density at radius 1 is 0.611 bits per heavy atom. The van der Waals surface area contributed by atoms with Gasteiger partial charge in [-0.2, -0.15) is 74.6 Å². The number of rotatable bonds is 9. The molecule has 0 saturated heterocycles. The van der Waals surface area contributed by atoms with Crippen molar-refractivity contribution < 1.29 is 84.2 Å². The smallest absolute Gasteiger partial charge is 0.460 e. The van der Waals surface area contributed by atoms with Gasteiger partial charge in [0.05, 0.1) is 12.8 Å². The molecule has 0 aromatic heterocycles. The summed E-state index contributed by atoms with van der Waals surface area (Å²) in [5, 5.41) is 0.768. The second-order valence-corrected chi connectivity index (χ2v) is 6.67. The van der Waals surface area contributed by atoms with Crippen molar-refractivity contribution in [2.45, 2.75) is 47.6 Å². The Morgan fingerprint density at radius 3 is 1.36 bits per heavy atom. The van der Waals surface area contributed by atoms with E-state index in [0.29, 0.717) is 6.07 Å². The molecule has 1 rings (SSSR count). The zero-order valence-electron chi connectivity index (χ0n) is 16.6. The van der Waals surface area contributed by atoms with Crippen molar-refractivity contribution in [2.75, 3.05) is 12.4 Å². The van der Waals surface area contributed by atoms with Crippen molar-refractivity contribution in [3.63, 3.8) is 0 Å². The number of amides is 1. The van der Waals surface area contributed by atoms with Crippen LogP contribution in [0.25, 0.3) is 0 Å². The van der Waals surface area contributed by atoms with E-state index in [1.54, 1.807) is 0 Å². The van der Waals surface area contributed by atoms with Crippen molar-refractivity contribution >= 4 is 11.6 Å². The quantitative estimate of drug-likeness (QED) is 0.339. The van der Waals surface area contributed by atoms with Gasteiger partial charge in [0.25, 0.3) is 0 Å². The van der Waals surface area contributed by atoms with Gasteiger partial charge < -0.3 is 10.1 Å². The van der Waals surface area contributed by atoms with Crippen LogP contribution in [-0.2, 0) is 4.79 Å². The van der Waals surface area contributed by atoms with Crippen LogP contribution in [0.3, 0.4) is 0 Å². The van der Waals surface area contributed by atoms with E-state index in [1.807, 2.05) is 0 Å². The lowest BCUT2D eigenvalue weighted by Crippen LogP contribution is -2.75. The van der Waals surface area contributed by atoms with Gasteiger partial charge in [-0.25, -0.2) is 0 Å². The fourth-order valence-corrected chi connectivity index (χ4v) is 2.26. The molecule has 0 aliphatic rings. The summed E-state index contributed by atoms with van der Waals surface area (Å²) < 4.78 is 229. The Balaban J connectivity index is 3.60. The molecule has 208 valence electrons. The molecule has 0 fully saturated rings. The third kappa shape index (κ3) is 4.14. The summed E-state index contributed by atoms with van der Waals surface area (Å²) in [4.78, 5) is 11.5. The zero-order valence-corrected chi connectivity index (χ0v) is 16.6. The minimum atomic E-state index is -8.76. The van der Waals surface area contributed by atoms with Crippen molar-refractivity contribution in [1.82, 2.24) is 0 Å². The summed E-state index contributed by atoms with van der Waals surface area (Å²) in [5.74, 6) is -62.6. The van der Waals surface area contributed by atoms with Gasteiger partial charge >= 0.3 is 53.5 Å². The number of nitrogens with one attached hydrogen (secondary N) is 1. The minimum Gasteiger partial charge on any atom is -0.495 e. The standard InChI is InChI=1S/C16H8F17NO2/c1-36-7-5-3-2-4-6(7)34-8(35)9(17,18)10(19,20)11(21,22)12(23,24)13(25,26)14(27,28)15(29,30)16(31,32)33/h2-5H,1H3,(H,34,35). The molecule has 0 bridgehead atoms. The maximum Gasteiger partial charge on any atom is 0.460 e. The molecule has 1 amide bonds. The first-order chi connectivity index (χ1) is 15.7. The highest BCUT2D eigenvalue weighted by Gasteiger charge is 2.95. The topological polar surface area (TPSA) is 38.3 Å². The highest BCUT2D eigenvalue weighted by molar-refractivity contribution is 5.98. The lowest BCUT2D eigenvalue weighted by atomic mass is 9.89. The highest BCUT2D eigenvalue weighted by Crippen LogP contribution is 2.64. The molecule has 0 aliphatic carbocycles. The molecule has 3 nitrogen and oxygen atoms in total. The molecule has 0 unspecified atom stereocenters. The van der Waals surface area contributed by atoms with Gasteiger partial charge in [0.2, 0.25) is 0 Å². The number of alkyl halides is 17. The largest absolute Gasteiger partial charge is 0.495 e. The average Bonchev–Trinajstić information content (AvgIpc) is 2.72. The number of halogens is 17. The minimum absolute atomic E-state index is 0.575. The molecular weight excluding hydrogens is 561 g/mol. The number of carbonyl (C=O) groups is 1. The predicted molar refractivity (Wildman–Crippen MR) is 82.3 cm³/mol. The third-order valence-corrected chi connectivity index (χ3v) is 4.36. The van der Waals surface area contributed by atoms with E-state index >= 15 is 0 Å². The van der Waals surface area contributed by atoms with Gasteiger partial charge in [0, 0.05) is 0 Å². The molecule has 20 heteroatoms. The van der Waals surface area contributed by atoms with Crippen molar-refractivity contribution in [3.8, 4) is 5.75 Å². The predicted octanol–water partition coefficient (Wildman–Crippen LogP) is 6.64. The third-order valence-electron chi connectivity index (χ3n) is 4.36. The van der Waals surface area contributed by atoms with Crippen LogP contribution in [-0.4, -0.2) is 60.7 Å². The van der Waals surface area contributed by atoms with E-state index in [2.05, 4.69) is 4.74 Å². The SMILES string of the molecule is COc1ccccc1NC(=O)C(F)(F)C(F)(F)C(F)(F)C(F)(F)C(F)(F)C(F)(F)C(F)(F)C(F)(F)F. The summed E-state index contributed by atoms with van der Waals surface area (Å²) >= 11 is 0. The van der Waals surface area contributed by atoms with Gasteiger partial charge in [-0.1, -0.05) is 12.1 Å². The van der Waals surface area contributed by atoms with E-state index in [4.69, 9.17) is 0 Å². The normalized spacial score (nSPS) is 15.1. The average molecular weight is 569 g/mol. The molecule has 1 N–H and O–H groups in total. The fraction of sp³-hybridized carbons (Fsp3) is 0.562. The summed E-state index contributed by atoms with van der Waals surface area (Å²) in [7, 11) is 0.783. The van der Waals surface area contributed by atoms with E-state index in [0.717, 1.165) is 30.6 Å². The Morgan fingerprint density at radius 2 is 0.972 bits per heavy atom. The molecule has 0 atom stereocenters. The number of anilines is 1. The van der Waals surface area contributed by atoms with Crippen LogP contribution < -0.4 is 10.1 Å². The molecule has 0 heterocycles. The molecule has 0 spiro atoms. The number of carbonyl (C=O) groups excluding carboxylic acids is 1. The molecule has 1 aromatic carbocycles. The Labute approximate surface area is 187 Å². The first kappa shape index (κ1) is 31.3. The molecule has 1 aromatic rings. The Bertz CT molecular complexity index is 970. The fourth-order valence-electron chi connectivity index (χ4n) is 2.26. The lowest BCUT2D eigenvalue weighted by molar-refractivity contribution is -0.459. The summed E-state index contributed by atoms with van der Waals surface area (Å²) in [5.41, 5.74) is -1.03. The Kier molecular flexibility index (Phi) is 7.57. The van der Waals surface area contributed by atoms with Gasteiger partial charge in [0.15, 0.2) is 0 Å². The van der Waals surface area contributed by atoms with E-state index in [9.17, 15) is 79.4 Å². The van der Waals surface area contributed by atoms with Crippen molar-refractivity contribution in [3.05, 3.63) is 24.3 Å². The number of para-hydroxylation sites is 2. The van der Waals surface area contributed by atoms with Crippen LogP contribution >= 0.6 is 0 Å². The van der Waals surface area contributed by atoms with Gasteiger partial charge in [-0.05, 0) is 12.1 Å². The van der Waals surface area contributed by atoms with Crippen LogP contribution in [0.1, 0.15) is 0 Å². The lowest BCUT2D eigenvalue weighted by Gasteiger charge is -2.42. The van der Waals surface area contributed by atoms with Crippen LogP contribution in [0.5, 0.6) is 5.75 Å². The van der Waals surface area contributed by atoms with E-state index in [1.165, 1.54) is 0 Å². The number of methoxy groups -OCH3 is 1. The molecule has 36 heavy (non-hydrogen) atoms. The van der Waals surface area contributed by atoms with Gasteiger partial charge in [-0.3, -0.25) is 4.79 Å². The monoisotopic (exact) mass is 569 g/mol. The van der Waals surface area contributed by atoms with Gasteiger partial charge in [-0.15, -0.1) is 0 Å². The van der Waals surface area contributed by atoms with Crippen LogP contribution in [0.15, 0.2) is 24.3 Å². The van der Waals surface area contributed by atoms with Crippen LogP contribution in [0.2, 0.25) is 0 Å². The van der Waals surface area contributed by atoms with Gasteiger partial charge in [0.1, 0.15) is 5.75 Å². The second kappa shape index (κ2) is 8.70. The number of benzene rings is 1. The first-order valence-corrected chi connectivity index (χ1v) is 8.36. The number of hydrogen-bond acceptors (Lipinski definition) is 2. The van der Waals surface area contributed by atoms with Crippen molar-refractivity contribution in [1.29, 1.82) is 0 Å². The number of ether oxygens (including phenoxy) is 1. The molecule has 0 saturated carbocycles. The summed E-state index contributed by atoms with van der Waals surface area (Å²) in [6.45, 7) is 0. The Hall–Kier alpha value is -2.70. The second-order valence-electron chi connectivity index (χ2n) is 6.67. The zero-order chi connectivity index (χ0) is 29.0. The van der Waals surface area contributed by atoms with E-state index < -0.39 is 65.0 Å². The summed E-state index contributed by atoms with van der Waals surface area (Å²) in [6.07, 6.45) is -7.84. The van der Waals surface area contributed by atoms with E-state index in [-0.39, 0.29) is 0 Å². The highest BCUT2D eigenvalue weighted by atomic mass is 19.4. The first-order valence-electron chi connectivity index (χ1n) is 8.36. The number of hydrogen-bond donors (Lipinski definition) is 1. The summed E-state index contributed by atoms with van der Waals surface area (Å²) in [6, 6.07) is 3.35. The maximum atomic E-state index is 13.9. The maximum absolute atomic E-state index is 13.9. The van der Waals surface area contributed by atoms with Crippen LogP contribution in [0, 0.1) is 0 Å². The van der Waals surface area contributed by atoms with Crippen molar-refractivity contribution in [2.24, 2.45) is 0 Å².